The van der Waals surface area contributed by atoms with Crippen LogP contribution in [0.3, 0.4) is 0 Å². The monoisotopic (exact) mass is 661 g/mol. The Kier molecular flexibility index (Phi) is 6.08. The van der Waals surface area contributed by atoms with Crippen LogP contribution in [0.5, 0.6) is 0 Å². The molecule has 1 heteroatoms. The number of aromatic nitrogens is 1. The summed E-state index contributed by atoms with van der Waals surface area (Å²) in [5, 5.41) is 10.3. The van der Waals surface area contributed by atoms with E-state index in [2.05, 4.69) is 194 Å². The molecule has 1 aliphatic carbocycles. The van der Waals surface area contributed by atoms with Crippen molar-refractivity contribution in [2.24, 2.45) is 0 Å². The van der Waals surface area contributed by atoms with E-state index < -0.39 is 0 Å². The Morgan fingerprint density at radius 3 is 1.73 bits per heavy atom. The Morgan fingerprint density at radius 1 is 0.346 bits per heavy atom. The summed E-state index contributed by atoms with van der Waals surface area (Å²) in [5.41, 5.74) is 14.2. The van der Waals surface area contributed by atoms with Crippen molar-refractivity contribution in [3.8, 4) is 39.1 Å². The van der Waals surface area contributed by atoms with Crippen molar-refractivity contribution >= 4 is 54.1 Å². The molecule has 0 N–H and O–H groups in total. The molecule has 0 spiro atoms. The summed E-state index contributed by atoms with van der Waals surface area (Å²) in [7, 11) is 0. The summed E-state index contributed by atoms with van der Waals surface area (Å²) in [5.74, 6) is 0. The van der Waals surface area contributed by atoms with Crippen molar-refractivity contribution in [2.75, 3.05) is 0 Å². The summed E-state index contributed by atoms with van der Waals surface area (Å²) < 4.78 is 2.42. The van der Waals surface area contributed by atoms with Crippen LogP contribution >= 0.6 is 0 Å². The highest BCUT2D eigenvalue weighted by atomic mass is 15.0. The third kappa shape index (κ3) is 4.05. The van der Waals surface area contributed by atoms with E-state index in [0.29, 0.717) is 0 Å². The molecule has 0 radical (unpaired) electrons. The van der Waals surface area contributed by atoms with E-state index in [1.54, 1.807) is 0 Å². The van der Waals surface area contributed by atoms with Gasteiger partial charge in [-0.25, -0.2) is 0 Å². The van der Waals surface area contributed by atoms with Crippen molar-refractivity contribution in [1.29, 1.82) is 0 Å². The van der Waals surface area contributed by atoms with Crippen LogP contribution in [-0.4, -0.2) is 4.57 Å². The third-order valence-corrected chi connectivity index (χ3v) is 11.8. The van der Waals surface area contributed by atoms with Gasteiger partial charge in [-0.3, -0.25) is 0 Å². The molecule has 0 aliphatic heterocycles. The predicted molar refractivity (Wildman–Crippen MR) is 222 cm³/mol. The number of nitrogens with zero attached hydrogens (tertiary/aromatic N) is 1. The number of hydrogen-bond acceptors (Lipinski definition) is 0. The van der Waals surface area contributed by atoms with Gasteiger partial charge in [0.1, 0.15) is 0 Å². The van der Waals surface area contributed by atoms with Gasteiger partial charge < -0.3 is 4.57 Å². The van der Waals surface area contributed by atoms with E-state index in [4.69, 9.17) is 0 Å². The lowest BCUT2D eigenvalue weighted by Gasteiger charge is -2.24. The molecule has 0 atom stereocenters. The largest absolute Gasteiger partial charge is 0.309 e. The molecule has 0 fully saturated rings. The summed E-state index contributed by atoms with van der Waals surface area (Å²) in [6.07, 6.45) is 0. The lowest BCUT2D eigenvalue weighted by atomic mass is 9.79. The Hall–Kier alpha value is -6.44. The van der Waals surface area contributed by atoms with Gasteiger partial charge in [0.2, 0.25) is 0 Å². The number of rotatable bonds is 3. The van der Waals surface area contributed by atoms with Crippen LogP contribution in [0, 0.1) is 0 Å². The van der Waals surface area contributed by atoms with E-state index in [1.807, 2.05) is 0 Å². The second-order valence-electron chi connectivity index (χ2n) is 14.9. The van der Waals surface area contributed by atoms with Gasteiger partial charge in [0, 0.05) is 21.9 Å². The van der Waals surface area contributed by atoms with E-state index in [0.717, 1.165) is 0 Å². The van der Waals surface area contributed by atoms with Crippen LogP contribution < -0.4 is 0 Å². The number of para-hydroxylation sites is 2. The van der Waals surface area contributed by atoms with Crippen molar-refractivity contribution in [2.45, 2.75) is 19.3 Å². The molecule has 52 heavy (non-hydrogen) atoms. The minimum absolute atomic E-state index is 0.0502. The van der Waals surface area contributed by atoms with E-state index in [1.165, 1.54) is 104 Å². The molecule has 0 unspecified atom stereocenters. The Balaban J connectivity index is 1.08. The van der Waals surface area contributed by atoms with Crippen molar-refractivity contribution in [3.05, 3.63) is 187 Å². The maximum atomic E-state index is 2.44. The van der Waals surface area contributed by atoms with Crippen molar-refractivity contribution in [3.63, 3.8) is 0 Å². The predicted octanol–water partition coefficient (Wildman–Crippen LogP) is 13.9. The second kappa shape index (κ2) is 10.8. The number of benzene rings is 9. The number of hydrogen-bond donors (Lipinski definition) is 0. The first-order chi connectivity index (χ1) is 25.6. The zero-order valence-corrected chi connectivity index (χ0v) is 29.2. The summed E-state index contributed by atoms with van der Waals surface area (Å²) >= 11 is 0. The van der Waals surface area contributed by atoms with E-state index in [-0.39, 0.29) is 5.41 Å². The first-order valence-electron chi connectivity index (χ1n) is 18.3. The van der Waals surface area contributed by atoms with Crippen LogP contribution in [-0.2, 0) is 5.41 Å². The highest BCUT2D eigenvalue weighted by molar-refractivity contribution is 6.29. The first-order valence-corrected chi connectivity index (χ1v) is 18.3. The summed E-state index contributed by atoms with van der Waals surface area (Å²) in [6, 6.07) is 65.3. The highest BCUT2D eigenvalue weighted by Crippen LogP contribution is 2.52. The van der Waals surface area contributed by atoms with Crippen LogP contribution in [0.15, 0.2) is 176 Å². The number of fused-ring (bicyclic) bond motifs is 12. The molecular weight excluding hydrogens is 627 g/mol. The molecule has 0 amide bonds. The highest BCUT2D eigenvalue weighted by Gasteiger charge is 2.37. The summed E-state index contributed by atoms with van der Waals surface area (Å²) in [4.78, 5) is 0. The first kappa shape index (κ1) is 29.3. The van der Waals surface area contributed by atoms with E-state index >= 15 is 0 Å². The molecule has 1 heterocycles. The van der Waals surface area contributed by atoms with Gasteiger partial charge in [0.15, 0.2) is 0 Å². The molecule has 0 saturated carbocycles. The lowest BCUT2D eigenvalue weighted by Crippen LogP contribution is -2.16. The topological polar surface area (TPSA) is 4.93 Å². The van der Waals surface area contributed by atoms with Gasteiger partial charge in [-0.2, -0.15) is 0 Å². The molecular formula is C51H35N. The molecule has 1 aliphatic rings. The van der Waals surface area contributed by atoms with Crippen LogP contribution in [0.1, 0.15) is 25.0 Å². The fourth-order valence-corrected chi connectivity index (χ4v) is 9.38. The minimum atomic E-state index is -0.0502. The molecule has 1 nitrogen and oxygen atoms in total. The average molecular weight is 662 g/mol. The van der Waals surface area contributed by atoms with Crippen molar-refractivity contribution < 1.29 is 0 Å². The Bertz CT molecular complexity index is 3070. The molecule has 0 bridgehead atoms. The van der Waals surface area contributed by atoms with Gasteiger partial charge in [0.25, 0.3) is 0 Å². The maximum Gasteiger partial charge on any atom is 0.0547 e. The quantitative estimate of drug-likeness (QED) is 0.166. The Morgan fingerprint density at radius 2 is 0.923 bits per heavy atom. The van der Waals surface area contributed by atoms with Gasteiger partial charge in [0.05, 0.1) is 11.0 Å². The SMILES string of the molecule is CC1(C)c2ccccc2-c2cccc(-c3ccc(-c4ccc5c(c4)c4ccccc4c4cc6c(cc54)c4ccccc4n6-c4ccccc4)cc3)c21. The standard InChI is InChI=1S/C51H35N/c1-51(2)47-21-10-8-17-40(47)42-20-12-19-36(50(42)51)33-25-23-32(24-26-33)34-27-28-39-43(29-34)37-15-6-7-16-38(37)45-31-49-46(30-44(39)45)41-18-9-11-22-48(41)52(49)35-13-4-3-5-14-35/h3-31H,1-2H3. The molecule has 244 valence electrons. The molecule has 11 rings (SSSR count). The van der Waals surface area contributed by atoms with Crippen LogP contribution in [0.4, 0.5) is 0 Å². The smallest absolute Gasteiger partial charge is 0.0547 e. The van der Waals surface area contributed by atoms with Gasteiger partial charge >= 0.3 is 0 Å². The van der Waals surface area contributed by atoms with Crippen LogP contribution in [0.2, 0.25) is 0 Å². The second-order valence-corrected chi connectivity index (χ2v) is 14.9. The van der Waals surface area contributed by atoms with Crippen molar-refractivity contribution in [1.82, 2.24) is 4.57 Å². The zero-order valence-electron chi connectivity index (χ0n) is 29.2. The Labute approximate surface area is 303 Å². The maximum absolute atomic E-state index is 2.44. The van der Waals surface area contributed by atoms with Crippen LogP contribution in [0.25, 0.3) is 93.2 Å². The molecule has 9 aromatic carbocycles. The fraction of sp³-hybridized carbons (Fsp3) is 0.0588. The molecule has 0 saturated heterocycles. The molecule has 1 aromatic heterocycles. The molecule has 10 aromatic rings. The third-order valence-electron chi connectivity index (χ3n) is 11.8. The fourth-order valence-electron chi connectivity index (χ4n) is 9.38. The van der Waals surface area contributed by atoms with E-state index in [9.17, 15) is 0 Å². The summed E-state index contributed by atoms with van der Waals surface area (Å²) in [6.45, 7) is 4.73. The minimum Gasteiger partial charge on any atom is -0.309 e. The average Bonchev–Trinajstić information content (AvgIpc) is 3.65. The zero-order chi connectivity index (χ0) is 34.6. The van der Waals surface area contributed by atoms with Gasteiger partial charge in [-0.15, -0.1) is 0 Å². The van der Waals surface area contributed by atoms with Gasteiger partial charge in [-0.1, -0.05) is 153 Å². The normalized spacial score (nSPS) is 13.3. The lowest BCUT2D eigenvalue weighted by molar-refractivity contribution is 0.662. The van der Waals surface area contributed by atoms with Gasteiger partial charge in [-0.05, 0) is 113 Å².